The molecule has 7 nitrogen and oxygen atoms in total. The molecule has 1 saturated heterocycles. The number of methoxy groups -OCH3 is 1. The highest BCUT2D eigenvalue weighted by atomic mass is 16.5. The van der Waals surface area contributed by atoms with Gasteiger partial charge in [-0.25, -0.2) is 0 Å². The summed E-state index contributed by atoms with van der Waals surface area (Å²) in [6, 6.07) is 7.07. The molecule has 2 atom stereocenters. The van der Waals surface area contributed by atoms with Crippen LogP contribution in [0.25, 0.3) is 0 Å². The first-order valence-corrected chi connectivity index (χ1v) is 9.97. The fourth-order valence-corrected chi connectivity index (χ4v) is 3.92. The van der Waals surface area contributed by atoms with E-state index in [4.69, 9.17) is 14.2 Å². The molecule has 2 aliphatic rings. The predicted molar refractivity (Wildman–Crippen MR) is 105 cm³/mol. The number of carbonyl (C=O) groups is 2. The van der Waals surface area contributed by atoms with Crippen LogP contribution >= 0.6 is 0 Å². The standard InChI is InChI=1S/C21H30N2O5/c1-16-4-3-9-21(14-16,26-2)20(25)22-17-5-7-18(8-6-17)28-15-19(24)23-10-12-27-13-11-23/h5-8,16H,3-4,9-15H2,1-2H3,(H,22,25)/t16-,21-/m1/s1. The van der Waals surface area contributed by atoms with E-state index in [2.05, 4.69) is 12.2 Å². The Hall–Kier alpha value is -2.12. The van der Waals surface area contributed by atoms with Gasteiger partial charge >= 0.3 is 0 Å². The maximum atomic E-state index is 12.8. The predicted octanol–water partition coefficient (Wildman–Crippen LogP) is 2.46. The van der Waals surface area contributed by atoms with Gasteiger partial charge in [0, 0.05) is 25.9 Å². The number of carbonyl (C=O) groups excluding carboxylic acids is 2. The molecule has 1 heterocycles. The molecule has 0 spiro atoms. The highest BCUT2D eigenvalue weighted by molar-refractivity contribution is 5.97. The summed E-state index contributed by atoms with van der Waals surface area (Å²) in [5.74, 6) is 0.915. The van der Waals surface area contributed by atoms with Gasteiger partial charge in [-0.2, -0.15) is 0 Å². The van der Waals surface area contributed by atoms with Crippen molar-refractivity contribution in [3.63, 3.8) is 0 Å². The monoisotopic (exact) mass is 390 g/mol. The molecule has 2 fully saturated rings. The van der Waals surface area contributed by atoms with Crippen LogP contribution in [-0.4, -0.2) is 62.3 Å². The van der Waals surface area contributed by atoms with Crippen molar-refractivity contribution >= 4 is 17.5 Å². The Morgan fingerprint density at radius 3 is 2.61 bits per heavy atom. The van der Waals surface area contributed by atoms with Crippen molar-refractivity contribution in [2.24, 2.45) is 5.92 Å². The molecule has 1 saturated carbocycles. The second-order valence-corrected chi connectivity index (χ2v) is 7.66. The third-order valence-corrected chi connectivity index (χ3v) is 5.60. The van der Waals surface area contributed by atoms with E-state index in [0.717, 1.165) is 25.7 Å². The molecule has 28 heavy (non-hydrogen) atoms. The number of hydrogen-bond donors (Lipinski definition) is 1. The molecule has 1 aliphatic carbocycles. The number of benzene rings is 1. The minimum Gasteiger partial charge on any atom is -0.484 e. The lowest BCUT2D eigenvalue weighted by atomic mass is 9.78. The smallest absolute Gasteiger partial charge is 0.260 e. The van der Waals surface area contributed by atoms with Crippen molar-refractivity contribution in [3.05, 3.63) is 24.3 Å². The molecule has 1 aromatic carbocycles. The molecule has 1 aliphatic heterocycles. The lowest BCUT2D eigenvalue weighted by molar-refractivity contribution is -0.143. The summed E-state index contributed by atoms with van der Waals surface area (Å²) in [6.07, 6.45) is 3.60. The Balaban J connectivity index is 1.52. The number of nitrogens with one attached hydrogen (secondary N) is 1. The first-order valence-electron chi connectivity index (χ1n) is 9.97. The summed E-state index contributed by atoms with van der Waals surface area (Å²) in [7, 11) is 1.61. The van der Waals surface area contributed by atoms with Gasteiger partial charge < -0.3 is 24.4 Å². The van der Waals surface area contributed by atoms with Gasteiger partial charge in [0.1, 0.15) is 11.4 Å². The molecule has 1 N–H and O–H groups in total. The highest BCUT2D eigenvalue weighted by Crippen LogP contribution is 2.35. The van der Waals surface area contributed by atoms with E-state index in [0.29, 0.717) is 43.7 Å². The van der Waals surface area contributed by atoms with Gasteiger partial charge in [0.2, 0.25) is 0 Å². The van der Waals surface area contributed by atoms with E-state index in [9.17, 15) is 9.59 Å². The molecule has 1 aromatic rings. The summed E-state index contributed by atoms with van der Waals surface area (Å²) >= 11 is 0. The summed E-state index contributed by atoms with van der Waals surface area (Å²) in [5.41, 5.74) is -0.0660. The molecule has 154 valence electrons. The van der Waals surface area contributed by atoms with Crippen molar-refractivity contribution in [2.45, 2.75) is 38.2 Å². The molecule has 0 unspecified atom stereocenters. The third-order valence-electron chi connectivity index (χ3n) is 5.60. The van der Waals surface area contributed by atoms with Gasteiger partial charge in [-0.05, 0) is 49.4 Å². The van der Waals surface area contributed by atoms with E-state index in [1.165, 1.54) is 0 Å². The zero-order valence-electron chi connectivity index (χ0n) is 16.7. The zero-order valence-corrected chi connectivity index (χ0v) is 16.7. The number of rotatable bonds is 6. The molecule has 0 bridgehead atoms. The van der Waals surface area contributed by atoms with Crippen molar-refractivity contribution in [1.29, 1.82) is 0 Å². The molecule has 0 radical (unpaired) electrons. The number of morpholine rings is 1. The van der Waals surface area contributed by atoms with Crippen molar-refractivity contribution < 1.29 is 23.8 Å². The van der Waals surface area contributed by atoms with E-state index in [1.807, 2.05) is 0 Å². The fraction of sp³-hybridized carbons (Fsp3) is 0.619. The summed E-state index contributed by atoms with van der Waals surface area (Å²) < 4.78 is 16.5. The van der Waals surface area contributed by atoms with Gasteiger partial charge in [-0.1, -0.05) is 13.3 Å². The molecule has 2 amide bonds. The number of hydrogen-bond acceptors (Lipinski definition) is 5. The Bertz CT molecular complexity index is 672. The second kappa shape index (κ2) is 9.39. The highest BCUT2D eigenvalue weighted by Gasteiger charge is 2.41. The van der Waals surface area contributed by atoms with E-state index >= 15 is 0 Å². The van der Waals surface area contributed by atoms with Crippen molar-refractivity contribution in [2.75, 3.05) is 45.3 Å². The molecule has 0 aromatic heterocycles. The van der Waals surface area contributed by atoms with Gasteiger partial charge in [0.15, 0.2) is 6.61 Å². The van der Waals surface area contributed by atoms with Crippen molar-refractivity contribution in [1.82, 2.24) is 4.90 Å². The summed E-state index contributed by atoms with van der Waals surface area (Å²) in [4.78, 5) is 26.7. The van der Waals surface area contributed by atoms with Crippen LogP contribution in [0.5, 0.6) is 5.75 Å². The van der Waals surface area contributed by atoms with E-state index < -0.39 is 5.60 Å². The van der Waals surface area contributed by atoms with Crippen LogP contribution in [0.15, 0.2) is 24.3 Å². The van der Waals surface area contributed by atoms with Gasteiger partial charge in [0.25, 0.3) is 11.8 Å². The van der Waals surface area contributed by atoms with E-state index in [1.54, 1.807) is 36.3 Å². The Morgan fingerprint density at radius 1 is 1.25 bits per heavy atom. The number of anilines is 1. The number of nitrogens with zero attached hydrogens (tertiary/aromatic N) is 1. The van der Waals surface area contributed by atoms with Gasteiger partial charge in [-0.3, -0.25) is 9.59 Å². The number of ether oxygens (including phenoxy) is 3. The lowest BCUT2D eigenvalue weighted by Crippen LogP contribution is -2.47. The summed E-state index contributed by atoms with van der Waals surface area (Å²) in [6.45, 7) is 4.50. The lowest BCUT2D eigenvalue weighted by Gasteiger charge is -2.37. The minimum atomic E-state index is -0.753. The molecule has 7 heteroatoms. The Kier molecular flexibility index (Phi) is 6.91. The topological polar surface area (TPSA) is 77.1 Å². The average molecular weight is 390 g/mol. The van der Waals surface area contributed by atoms with Crippen LogP contribution in [0.4, 0.5) is 5.69 Å². The van der Waals surface area contributed by atoms with Crippen molar-refractivity contribution in [3.8, 4) is 5.75 Å². The normalized spacial score (nSPS) is 25.2. The fourth-order valence-electron chi connectivity index (χ4n) is 3.92. The first-order chi connectivity index (χ1) is 13.5. The Labute approximate surface area is 166 Å². The largest absolute Gasteiger partial charge is 0.484 e. The third kappa shape index (κ3) is 5.02. The van der Waals surface area contributed by atoms with Crippen LogP contribution in [0.3, 0.4) is 0 Å². The second-order valence-electron chi connectivity index (χ2n) is 7.66. The minimum absolute atomic E-state index is 0.00359. The van der Waals surface area contributed by atoms with Crippen LogP contribution in [0.1, 0.15) is 32.6 Å². The maximum Gasteiger partial charge on any atom is 0.260 e. The van der Waals surface area contributed by atoms with Crippen LogP contribution < -0.4 is 10.1 Å². The maximum absolute atomic E-state index is 12.8. The quantitative estimate of drug-likeness (QED) is 0.807. The van der Waals surface area contributed by atoms with Crippen LogP contribution in [0, 0.1) is 5.92 Å². The SMILES string of the molecule is CO[C@]1(C(=O)Nc2ccc(OCC(=O)N3CCOCC3)cc2)CCC[C@@H](C)C1. The molecule has 3 rings (SSSR count). The van der Waals surface area contributed by atoms with Crippen LogP contribution in [-0.2, 0) is 19.1 Å². The number of amides is 2. The molecular formula is C21H30N2O5. The first kappa shape index (κ1) is 20.6. The molecular weight excluding hydrogens is 360 g/mol. The summed E-state index contributed by atoms with van der Waals surface area (Å²) in [5, 5.41) is 2.96. The van der Waals surface area contributed by atoms with Crippen LogP contribution in [0.2, 0.25) is 0 Å². The Morgan fingerprint density at radius 2 is 1.96 bits per heavy atom. The van der Waals surface area contributed by atoms with E-state index in [-0.39, 0.29) is 18.4 Å². The zero-order chi connectivity index (χ0) is 20.0. The van der Waals surface area contributed by atoms with Gasteiger partial charge in [0.05, 0.1) is 13.2 Å². The van der Waals surface area contributed by atoms with Gasteiger partial charge in [-0.15, -0.1) is 0 Å². The average Bonchev–Trinajstić information content (AvgIpc) is 2.73.